The number of aryl methyl sites for hydroxylation is 1. The quantitative estimate of drug-likeness (QED) is 0.796. The van der Waals surface area contributed by atoms with Crippen molar-refractivity contribution in [1.29, 1.82) is 0 Å². The molecule has 7 heteroatoms. The first kappa shape index (κ1) is 11.4. The van der Waals surface area contributed by atoms with E-state index < -0.39 is 5.91 Å². The number of nitrogens with zero attached hydrogens (tertiary/aromatic N) is 2. The summed E-state index contributed by atoms with van der Waals surface area (Å²) in [6.45, 7) is 1.63. The number of nitrogen functional groups attached to an aromatic ring is 1. The Bertz CT molecular complexity index is 547. The summed E-state index contributed by atoms with van der Waals surface area (Å²) >= 11 is 5.79. The monoisotopic (exact) mass is 252 g/mol. The lowest BCUT2D eigenvalue weighted by atomic mass is 10.2. The summed E-state index contributed by atoms with van der Waals surface area (Å²) in [5.74, 6) is -0.0474. The molecule has 0 bridgehead atoms. The maximum Gasteiger partial charge on any atom is 0.322 e. The van der Waals surface area contributed by atoms with E-state index in [2.05, 4.69) is 15.5 Å². The van der Waals surface area contributed by atoms with Crippen molar-refractivity contribution in [2.75, 3.05) is 11.1 Å². The van der Waals surface area contributed by atoms with Crippen molar-refractivity contribution < 1.29 is 9.21 Å². The van der Waals surface area contributed by atoms with Crippen LogP contribution in [0, 0.1) is 6.92 Å². The van der Waals surface area contributed by atoms with E-state index in [-0.39, 0.29) is 6.01 Å². The second-order valence-electron chi connectivity index (χ2n) is 3.35. The predicted molar refractivity (Wildman–Crippen MR) is 62.9 cm³/mol. The number of halogens is 1. The van der Waals surface area contributed by atoms with Gasteiger partial charge in [-0.05, 0) is 18.2 Å². The van der Waals surface area contributed by atoms with Crippen LogP contribution in [0.25, 0.3) is 0 Å². The predicted octanol–water partition coefficient (Wildman–Crippen LogP) is 1.87. The van der Waals surface area contributed by atoms with Gasteiger partial charge in [0.05, 0.1) is 0 Å². The number of rotatable bonds is 2. The maximum absolute atomic E-state index is 11.8. The van der Waals surface area contributed by atoms with Gasteiger partial charge in [-0.3, -0.25) is 10.1 Å². The lowest BCUT2D eigenvalue weighted by Gasteiger charge is -2.02. The van der Waals surface area contributed by atoms with Crippen LogP contribution in [-0.2, 0) is 0 Å². The van der Waals surface area contributed by atoms with Gasteiger partial charge in [-0.25, -0.2) is 0 Å². The molecule has 0 spiro atoms. The first-order valence-corrected chi connectivity index (χ1v) is 5.10. The molecule has 0 unspecified atom stereocenters. The maximum atomic E-state index is 11.8. The van der Waals surface area contributed by atoms with Crippen LogP contribution >= 0.6 is 11.6 Å². The summed E-state index contributed by atoms with van der Waals surface area (Å²) in [6, 6.07) is 4.59. The molecule has 3 N–H and O–H groups in total. The minimum Gasteiger partial charge on any atom is -0.408 e. The molecule has 2 aromatic rings. The van der Waals surface area contributed by atoms with Crippen LogP contribution in [0.4, 0.5) is 11.7 Å². The van der Waals surface area contributed by atoms with Gasteiger partial charge in [-0.2, -0.15) is 0 Å². The molecule has 0 aliphatic rings. The van der Waals surface area contributed by atoms with Gasteiger partial charge < -0.3 is 10.2 Å². The molecule has 2 rings (SSSR count). The van der Waals surface area contributed by atoms with E-state index in [0.29, 0.717) is 22.2 Å². The van der Waals surface area contributed by atoms with Gasteiger partial charge in [-0.15, -0.1) is 5.10 Å². The topological polar surface area (TPSA) is 94.0 Å². The summed E-state index contributed by atoms with van der Waals surface area (Å²) in [4.78, 5) is 11.8. The molecule has 1 aromatic heterocycles. The third-order valence-electron chi connectivity index (χ3n) is 1.93. The molecule has 1 amide bonds. The van der Waals surface area contributed by atoms with Crippen molar-refractivity contribution >= 4 is 29.2 Å². The number of anilines is 2. The number of aromatic nitrogens is 2. The van der Waals surface area contributed by atoms with Crippen LogP contribution in [0.1, 0.15) is 16.2 Å². The fourth-order valence-corrected chi connectivity index (χ4v) is 1.50. The summed E-state index contributed by atoms with van der Waals surface area (Å²) in [5, 5.41) is 10.1. The lowest BCUT2D eigenvalue weighted by Crippen LogP contribution is -2.12. The second-order valence-corrected chi connectivity index (χ2v) is 3.79. The van der Waals surface area contributed by atoms with Crippen LogP contribution in [0.3, 0.4) is 0 Å². The van der Waals surface area contributed by atoms with E-state index in [1.165, 1.54) is 12.1 Å². The zero-order valence-corrected chi connectivity index (χ0v) is 9.65. The zero-order valence-electron chi connectivity index (χ0n) is 8.90. The van der Waals surface area contributed by atoms with Gasteiger partial charge in [0.15, 0.2) is 0 Å². The first-order valence-electron chi connectivity index (χ1n) is 4.72. The van der Waals surface area contributed by atoms with Crippen LogP contribution in [-0.4, -0.2) is 16.1 Å². The highest BCUT2D eigenvalue weighted by atomic mass is 35.5. The van der Waals surface area contributed by atoms with E-state index >= 15 is 0 Å². The fraction of sp³-hybridized carbons (Fsp3) is 0.100. The Morgan fingerprint density at radius 1 is 1.41 bits per heavy atom. The number of amides is 1. The standard InChI is InChI=1S/C10H9ClN4O2/c1-5-14-15-10(17-5)13-9(16)6-2-7(11)4-8(12)3-6/h2-4H,12H2,1H3,(H,13,15,16). The Labute approximate surface area is 102 Å². The van der Waals surface area contributed by atoms with Crippen molar-refractivity contribution in [3.05, 3.63) is 34.7 Å². The summed E-state index contributed by atoms with van der Waals surface area (Å²) in [5.41, 5.74) is 6.31. The van der Waals surface area contributed by atoms with Crippen molar-refractivity contribution in [2.45, 2.75) is 6.92 Å². The molecule has 6 nitrogen and oxygen atoms in total. The highest BCUT2D eigenvalue weighted by Crippen LogP contribution is 2.17. The van der Waals surface area contributed by atoms with Gasteiger partial charge in [-0.1, -0.05) is 16.7 Å². The van der Waals surface area contributed by atoms with Crippen molar-refractivity contribution in [3.8, 4) is 0 Å². The molecule has 0 aliphatic carbocycles. The summed E-state index contributed by atoms with van der Waals surface area (Å²) < 4.78 is 5.02. The van der Waals surface area contributed by atoms with Gasteiger partial charge in [0, 0.05) is 23.2 Å². The smallest absolute Gasteiger partial charge is 0.322 e. The lowest BCUT2D eigenvalue weighted by molar-refractivity contribution is 0.102. The van der Waals surface area contributed by atoms with Gasteiger partial charge in [0.1, 0.15) is 0 Å². The molecule has 17 heavy (non-hydrogen) atoms. The molecule has 0 saturated heterocycles. The molecule has 1 heterocycles. The van der Waals surface area contributed by atoms with E-state index in [1.807, 2.05) is 0 Å². The van der Waals surface area contributed by atoms with Crippen LogP contribution in [0.2, 0.25) is 5.02 Å². The summed E-state index contributed by atoms with van der Waals surface area (Å²) in [7, 11) is 0. The molecular weight excluding hydrogens is 244 g/mol. The fourth-order valence-electron chi connectivity index (χ4n) is 1.26. The highest BCUT2D eigenvalue weighted by molar-refractivity contribution is 6.31. The molecular formula is C10H9ClN4O2. The zero-order chi connectivity index (χ0) is 12.4. The van der Waals surface area contributed by atoms with Gasteiger partial charge in [0.2, 0.25) is 5.89 Å². The average molecular weight is 253 g/mol. The largest absolute Gasteiger partial charge is 0.408 e. The van der Waals surface area contributed by atoms with Gasteiger partial charge in [0.25, 0.3) is 5.91 Å². The van der Waals surface area contributed by atoms with Crippen molar-refractivity contribution in [1.82, 2.24) is 10.2 Å². The number of nitrogens with one attached hydrogen (secondary N) is 1. The van der Waals surface area contributed by atoms with E-state index in [4.69, 9.17) is 21.8 Å². The van der Waals surface area contributed by atoms with Gasteiger partial charge >= 0.3 is 6.01 Å². The third-order valence-corrected chi connectivity index (χ3v) is 2.15. The SMILES string of the molecule is Cc1nnc(NC(=O)c2cc(N)cc(Cl)c2)o1. The Balaban J connectivity index is 2.19. The normalized spacial score (nSPS) is 10.2. The van der Waals surface area contributed by atoms with Crippen molar-refractivity contribution in [2.24, 2.45) is 0 Å². The third kappa shape index (κ3) is 2.73. The van der Waals surface area contributed by atoms with Crippen LogP contribution in [0.5, 0.6) is 0 Å². The molecule has 0 fully saturated rings. The molecule has 1 aromatic carbocycles. The van der Waals surface area contributed by atoms with E-state index in [0.717, 1.165) is 0 Å². The average Bonchev–Trinajstić information content (AvgIpc) is 2.62. The summed E-state index contributed by atoms with van der Waals surface area (Å²) in [6.07, 6.45) is 0. The number of benzene rings is 1. The highest BCUT2D eigenvalue weighted by Gasteiger charge is 2.11. The molecule has 0 atom stereocenters. The Morgan fingerprint density at radius 2 is 2.18 bits per heavy atom. The van der Waals surface area contributed by atoms with E-state index in [1.54, 1.807) is 13.0 Å². The second kappa shape index (κ2) is 4.42. The Hall–Kier alpha value is -2.08. The molecule has 0 saturated carbocycles. The molecule has 0 radical (unpaired) electrons. The van der Waals surface area contributed by atoms with Crippen LogP contribution < -0.4 is 11.1 Å². The first-order chi connectivity index (χ1) is 8.04. The minimum absolute atomic E-state index is 0.0334. The van der Waals surface area contributed by atoms with Crippen LogP contribution in [0.15, 0.2) is 22.6 Å². The number of carbonyl (C=O) groups excluding carboxylic acids is 1. The number of hydrogen-bond acceptors (Lipinski definition) is 5. The van der Waals surface area contributed by atoms with E-state index in [9.17, 15) is 4.79 Å². The Kier molecular flexibility index (Phi) is 2.97. The Morgan fingerprint density at radius 3 is 2.76 bits per heavy atom. The minimum atomic E-state index is -0.414. The molecule has 88 valence electrons. The number of carbonyl (C=O) groups is 1. The number of hydrogen-bond donors (Lipinski definition) is 2. The number of nitrogens with two attached hydrogens (primary N) is 1. The molecule has 0 aliphatic heterocycles. The van der Waals surface area contributed by atoms with Crippen molar-refractivity contribution in [3.63, 3.8) is 0 Å².